The van der Waals surface area contributed by atoms with Crippen LogP contribution < -0.4 is 5.32 Å². The number of hydrogen-bond acceptors (Lipinski definition) is 3. The molecule has 1 atom stereocenters. The molecule has 1 aliphatic carbocycles. The van der Waals surface area contributed by atoms with Crippen LogP contribution in [0.4, 0.5) is 0 Å². The highest BCUT2D eigenvalue weighted by Crippen LogP contribution is 2.26. The fourth-order valence-corrected chi connectivity index (χ4v) is 3.36. The summed E-state index contributed by atoms with van der Waals surface area (Å²) >= 11 is 6.14. The number of hydrogen-bond donors (Lipinski definition) is 1. The maximum atomic E-state index is 6.14. The van der Waals surface area contributed by atoms with Crippen LogP contribution in [-0.2, 0) is 4.74 Å². The van der Waals surface area contributed by atoms with Crippen LogP contribution in [0.1, 0.15) is 39.5 Å². The molecule has 2 fully saturated rings. The molecule has 0 radical (unpaired) electrons. The van der Waals surface area contributed by atoms with Crippen molar-refractivity contribution in [3.8, 4) is 0 Å². The first-order valence-electron chi connectivity index (χ1n) is 7.85. The molecule has 1 unspecified atom stereocenters. The van der Waals surface area contributed by atoms with Gasteiger partial charge in [0, 0.05) is 31.1 Å². The molecule has 0 bridgehead atoms. The Morgan fingerprint density at radius 2 is 1.95 bits per heavy atom. The third-order valence-corrected chi connectivity index (χ3v) is 4.92. The molecule has 1 saturated carbocycles. The van der Waals surface area contributed by atoms with Crippen LogP contribution in [0.25, 0.3) is 0 Å². The Balaban J connectivity index is 1.60. The monoisotopic (exact) mass is 288 g/mol. The maximum absolute atomic E-state index is 6.14. The second kappa shape index (κ2) is 7.82. The van der Waals surface area contributed by atoms with Gasteiger partial charge < -0.3 is 10.1 Å². The lowest BCUT2D eigenvalue weighted by molar-refractivity contribution is -0.0374. The van der Waals surface area contributed by atoms with Crippen molar-refractivity contribution >= 4 is 11.6 Å². The first kappa shape index (κ1) is 15.6. The highest BCUT2D eigenvalue weighted by molar-refractivity contribution is 6.20. The summed E-state index contributed by atoms with van der Waals surface area (Å²) in [6.07, 6.45) is 5.31. The third kappa shape index (κ3) is 5.22. The summed E-state index contributed by atoms with van der Waals surface area (Å²) in [5.41, 5.74) is 0. The van der Waals surface area contributed by atoms with E-state index < -0.39 is 0 Å². The van der Waals surface area contributed by atoms with Crippen molar-refractivity contribution in [3.05, 3.63) is 0 Å². The molecule has 1 saturated heterocycles. The van der Waals surface area contributed by atoms with Crippen molar-refractivity contribution in [1.82, 2.24) is 10.2 Å². The van der Waals surface area contributed by atoms with Crippen LogP contribution in [-0.4, -0.2) is 55.2 Å². The van der Waals surface area contributed by atoms with Gasteiger partial charge in [0.2, 0.25) is 0 Å². The molecule has 2 rings (SSSR count). The number of nitrogens with one attached hydrogen (secondary N) is 1. The highest BCUT2D eigenvalue weighted by Gasteiger charge is 2.23. The van der Waals surface area contributed by atoms with Gasteiger partial charge in [0.25, 0.3) is 0 Å². The Bertz CT molecular complexity index is 255. The van der Waals surface area contributed by atoms with Crippen molar-refractivity contribution in [3.63, 3.8) is 0 Å². The van der Waals surface area contributed by atoms with Gasteiger partial charge in [-0.15, -0.1) is 11.6 Å². The zero-order chi connectivity index (χ0) is 13.7. The molecule has 0 spiro atoms. The first-order valence-corrected chi connectivity index (χ1v) is 8.29. The van der Waals surface area contributed by atoms with Crippen LogP contribution in [0.5, 0.6) is 0 Å². The molecule has 3 nitrogen and oxygen atoms in total. The topological polar surface area (TPSA) is 24.5 Å². The van der Waals surface area contributed by atoms with E-state index in [1.165, 1.54) is 25.7 Å². The van der Waals surface area contributed by atoms with E-state index in [0.29, 0.717) is 17.5 Å². The Labute approximate surface area is 123 Å². The van der Waals surface area contributed by atoms with Crippen molar-refractivity contribution in [2.75, 3.05) is 32.8 Å². The Morgan fingerprint density at radius 3 is 2.63 bits per heavy atom. The van der Waals surface area contributed by atoms with E-state index in [0.717, 1.165) is 38.7 Å². The second-order valence-electron chi connectivity index (χ2n) is 6.36. The van der Waals surface area contributed by atoms with E-state index in [9.17, 15) is 0 Å². The summed E-state index contributed by atoms with van der Waals surface area (Å²) in [6, 6.07) is 0.630. The Kier molecular flexibility index (Phi) is 6.40. The fraction of sp³-hybridized carbons (Fsp3) is 1.00. The van der Waals surface area contributed by atoms with Crippen molar-refractivity contribution < 1.29 is 4.74 Å². The summed E-state index contributed by atoms with van der Waals surface area (Å²) in [6.45, 7) is 9.67. The maximum Gasteiger partial charge on any atom is 0.0826 e. The van der Waals surface area contributed by atoms with Gasteiger partial charge in [0.15, 0.2) is 0 Å². The minimum atomic E-state index is 0.362. The van der Waals surface area contributed by atoms with E-state index in [1.54, 1.807) is 0 Å². The zero-order valence-corrected chi connectivity index (χ0v) is 13.2. The van der Waals surface area contributed by atoms with Gasteiger partial charge in [0.1, 0.15) is 0 Å². The number of halogens is 1. The highest BCUT2D eigenvalue weighted by atomic mass is 35.5. The van der Waals surface area contributed by atoms with Gasteiger partial charge in [-0.3, -0.25) is 4.90 Å². The molecule has 19 heavy (non-hydrogen) atoms. The first-order chi connectivity index (χ1) is 9.15. The molecule has 0 aromatic carbocycles. The third-order valence-electron chi connectivity index (χ3n) is 4.48. The lowest BCUT2D eigenvalue weighted by Crippen LogP contribution is -2.49. The Hall–Kier alpha value is 0.170. The number of morpholine rings is 1. The number of alkyl halides is 1. The molecular formula is C15H29ClN2O. The number of ether oxygens (including phenoxy) is 1. The number of nitrogens with zero attached hydrogens (tertiary/aromatic N) is 1. The van der Waals surface area contributed by atoms with E-state index in [1.807, 2.05) is 0 Å². The molecule has 0 aromatic rings. The summed E-state index contributed by atoms with van der Waals surface area (Å²) in [7, 11) is 0. The van der Waals surface area contributed by atoms with Gasteiger partial charge in [-0.25, -0.2) is 0 Å². The van der Waals surface area contributed by atoms with Crippen molar-refractivity contribution in [2.24, 2.45) is 5.92 Å². The predicted molar refractivity (Wildman–Crippen MR) is 80.9 cm³/mol. The quantitative estimate of drug-likeness (QED) is 0.787. The van der Waals surface area contributed by atoms with Crippen molar-refractivity contribution in [1.29, 1.82) is 0 Å². The van der Waals surface area contributed by atoms with Crippen LogP contribution in [0.2, 0.25) is 0 Å². The molecule has 0 amide bonds. The minimum Gasteiger partial charge on any atom is -0.374 e. The molecule has 2 aliphatic rings. The van der Waals surface area contributed by atoms with Crippen LogP contribution in [0, 0.1) is 5.92 Å². The van der Waals surface area contributed by atoms with Crippen LogP contribution in [0.15, 0.2) is 0 Å². The largest absolute Gasteiger partial charge is 0.374 e. The zero-order valence-electron chi connectivity index (χ0n) is 12.4. The summed E-state index contributed by atoms with van der Waals surface area (Å²) in [5, 5.41) is 4.03. The van der Waals surface area contributed by atoms with E-state index >= 15 is 0 Å². The Morgan fingerprint density at radius 1 is 1.21 bits per heavy atom. The van der Waals surface area contributed by atoms with Crippen molar-refractivity contribution in [2.45, 2.75) is 57.1 Å². The molecule has 1 aliphatic heterocycles. The summed E-state index contributed by atoms with van der Waals surface area (Å²) < 4.78 is 5.84. The minimum absolute atomic E-state index is 0.362. The summed E-state index contributed by atoms with van der Waals surface area (Å²) in [4.78, 5) is 2.51. The SMILES string of the molecule is CC(C)N1CCOC(CNCC2CCC(Cl)CC2)C1. The normalized spacial score (nSPS) is 33.8. The summed E-state index contributed by atoms with van der Waals surface area (Å²) in [5.74, 6) is 0.819. The lowest BCUT2D eigenvalue weighted by Gasteiger charge is -2.36. The molecule has 112 valence electrons. The van der Waals surface area contributed by atoms with Crippen LogP contribution >= 0.6 is 11.6 Å². The van der Waals surface area contributed by atoms with Gasteiger partial charge in [-0.05, 0) is 52.0 Å². The second-order valence-corrected chi connectivity index (χ2v) is 6.97. The lowest BCUT2D eigenvalue weighted by atomic mass is 9.89. The van der Waals surface area contributed by atoms with E-state index in [4.69, 9.17) is 16.3 Å². The van der Waals surface area contributed by atoms with E-state index in [-0.39, 0.29) is 0 Å². The molecule has 1 N–H and O–H groups in total. The molecule has 0 aromatic heterocycles. The standard InChI is InChI=1S/C15H29ClN2O/c1-12(2)18-7-8-19-15(11-18)10-17-9-13-3-5-14(16)6-4-13/h12-15,17H,3-11H2,1-2H3. The molecular weight excluding hydrogens is 260 g/mol. The van der Waals surface area contributed by atoms with Gasteiger partial charge in [-0.2, -0.15) is 0 Å². The van der Waals surface area contributed by atoms with Gasteiger partial charge in [-0.1, -0.05) is 0 Å². The van der Waals surface area contributed by atoms with Crippen LogP contribution in [0.3, 0.4) is 0 Å². The van der Waals surface area contributed by atoms with Gasteiger partial charge in [0.05, 0.1) is 12.7 Å². The smallest absolute Gasteiger partial charge is 0.0826 e. The molecule has 4 heteroatoms. The predicted octanol–water partition coefficient (Wildman–Crippen LogP) is 2.48. The van der Waals surface area contributed by atoms with E-state index in [2.05, 4.69) is 24.1 Å². The number of rotatable bonds is 5. The fourth-order valence-electron chi connectivity index (χ4n) is 3.11. The molecule has 1 heterocycles. The average Bonchev–Trinajstić information content (AvgIpc) is 2.41. The average molecular weight is 289 g/mol. The van der Waals surface area contributed by atoms with Gasteiger partial charge >= 0.3 is 0 Å².